The van der Waals surface area contributed by atoms with Gasteiger partial charge in [0.25, 0.3) is 0 Å². The van der Waals surface area contributed by atoms with E-state index in [4.69, 9.17) is 25.3 Å². The van der Waals surface area contributed by atoms with E-state index in [9.17, 15) is 12.8 Å². The van der Waals surface area contributed by atoms with Gasteiger partial charge in [0.05, 0.1) is 19.2 Å². The third-order valence-electron chi connectivity index (χ3n) is 2.80. The van der Waals surface area contributed by atoms with Gasteiger partial charge < -0.3 is 13.7 Å². The van der Waals surface area contributed by atoms with Crippen LogP contribution in [0.4, 0.5) is 4.39 Å². The van der Waals surface area contributed by atoms with E-state index in [-0.39, 0.29) is 25.9 Å². The Morgan fingerprint density at radius 1 is 1.04 bits per heavy atom. The lowest BCUT2D eigenvalue weighted by Crippen LogP contribution is -2.11. The number of methoxy groups -OCH3 is 2. The van der Waals surface area contributed by atoms with Crippen LogP contribution in [0.15, 0.2) is 39.7 Å². The standard InChI is InChI=1S/C14H11BrClFO5S/c1-20-12-6-9(15)14(7-13(12)21-2)23(18,19)22-11-4-3-8(17)5-10(11)16/h3-7H,1-2H3. The second-order valence-electron chi connectivity index (χ2n) is 4.25. The summed E-state index contributed by atoms with van der Waals surface area (Å²) in [6, 6.07) is 5.80. The summed E-state index contributed by atoms with van der Waals surface area (Å²) in [7, 11) is -1.43. The van der Waals surface area contributed by atoms with Crippen molar-refractivity contribution in [1.29, 1.82) is 0 Å². The van der Waals surface area contributed by atoms with Gasteiger partial charge in [-0.05, 0) is 40.2 Å². The fraction of sp³-hybridized carbons (Fsp3) is 0.143. The van der Waals surface area contributed by atoms with Crippen LogP contribution in [0.2, 0.25) is 5.02 Å². The van der Waals surface area contributed by atoms with Crippen molar-refractivity contribution in [2.45, 2.75) is 4.90 Å². The maximum Gasteiger partial charge on any atom is 0.340 e. The molecule has 0 aromatic heterocycles. The minimum Gasteiger partial charge on any atom is -0.493 e. The van der Waals surface area contributed by atoms with Gasteiger partial charge >= 0.3 is 10.1 Å². The van der Waals surface area contributed by atoms with Crippen molar-refractivity contribution in [3.8, 4) is 17.2 Å². The fourth-order valence-electron chi connectivity index (χ4n) is 1.73. The Balaban J connectivity index is 2.47. The molecular weight excluding hydrogens is 415 g/mol. The summed E-state index contributed by atoms with van der Waals surface area (Å²) >= 11 is 8.93. The smallest absolute Gasteiger partial charge is 0.340 e. The molecule has 0 fully saturated rings. The SMILES string of the molecule is COc1cc(Br)c(S(=O)(=O)Oc2ccc(F)cc2Cl)cc1OC. The Labute approximate surface area is 146 Å². The Bertz CT molecular complexity index is 841. The van der Waals surface area contributed by atoms with Crippen LogP contribution in [0.3, 0.4) is 0 Å². The molecule has 0 atom stereocenters. The Kier molecular flexibility index (Phi) is 5.38. The normalized spacial score (nSPS) is 11.2. The molecule has 124 valence electrons. The van der Waals surface area contributed by atoms with Gasteiger partial charge in [-0.25, -0.2) is 4.39 Å². The number of hydrogen-bond acceptors (Lipinski definition) is 5. The van der Waals surface area contributed by atoms with E-state index in [1.54, 1.807) is 0 Å². The summed E-state index contributed by atoms with van der Waals surface area (Å²) in [5.41, 5.74) is 0. The summed E-state index contributed by atoms with van der Waals surface area (Å²) < 4.78 is 53.2. The number of benzene rings is 2. The highest BCUT2D eigenvalue weighted by molar-refractivity contribution is 9.10. The van der Waals surface area contributed by atoms with Gasteiger partial charge in [0, 0.05) is 10.5 Å². The summed E-state index contributed by atoms with van der Waals surface area (Å²) in [6.45, 7) is 0. The first-order valence-corrected chi connectivity index (χ1v) is 8.67. The molecule has 23 heavy (non-hydrogen) atoms. The molecule has 9 heteroatoms. The molecule has 0 N–H and O–H groups in total. The van der Waals surface area contributed by atoms with Gasteiger partial charge in [0.15, 0.2) is 17.2 Å². The van der Waals surface area contributed by atoms with Crippen LogP contribution in [0.25, 0.3) is 0 Å². The molecule has 0 amide bonds. The number of hydrogen-bond donors (Lipinski definition) is 0. The predicted molar refractivity (Wildman–Crippen MR) is 86.5 cm³/mol. The van der Waals surface area contributed by atoms with Crippen molar-refractivity contribution in [3.63, 3.8) is 0 Å². The van der Waals surface area contributed by atoms with Crippen LogP contribution < -0.4 is 13.7 Å². The molecule has 2 aromatic rings. The van der Waals surface area contributed by atoms with Crippen LogP contribution in [0.1, 0.15) is 0 Å². The van der Waals surface area contributed by atoms with Gasteiger partial charge in [-0.2, -0.15) is 8.42 Å². The topological polar surface area (TPSA) is 61.8 Å². The van der Waals surface area contributed by atoms with E-state index in [0.29, 0.717) is 5.75 Å². The highest BCUT2D eigenvalue weighted by Gasteiger charge is 2.24. The lowest BCUT2D eigenvalue weighted by atomic mass is 10.3. The van der Waals surface area contributed by atoms with Gasteiger partial charge in [-0.3, -0.25) is 0 Å². The molecular formula is C14H11BrClFO5S. The average Bonchev–Trinajstić information content (AvgIpc) is 2.49. The zero-order valence-electron chi connectivity index (χ0n) is 12.0. The third kappa shape index (κ3) is 3.88. The van der Waals surface area contributed by atoms with E-state index >= 15 is 0 Å². The largest absolute Gasteiger partial charge is 0.493 e. The molecule has 0 radical (unpaired) electrons. The number of rotatable bonds is 5. The molecule has 0 saturated heterocycles. The molecule has 5 nitrogen and oxygen atoms in total. The molecule has 0 aliphatic heterocycles. The van der Waals surface area contributed by atoms with Crippen molar-refractivity contribution >= 4 is 37.6 Å². The maximum absolute atomic E-state index is 13.0. The molecule has 0 heterocycles. The molecule has 0 aliphatic rings. The Hall–Kier alpha value is -1.51. The number of ether oxygens (including phenoxy) is 2. The number of halogens is 3. The first-order valence-electron chi connectivity index (χ1n) is 6.09. The molecule has 0 saturated carbocycles. The van der Waals surface area contributed by atoms with E-state index in [1.165, 1.54) is 26.4 Å². The summed E-state index contributed by atoms with van der Waals surface area (Å²) in [4.78, 5) is -0.185. The van der Waals surface area contributed by atoms with E-state index in [2.05, 4.69) is 15.9 Å². The fourth-order valence-corrected chi connectivity index (χ4v) is 3.92. The van der Waals surface area contributed by atoms with E-state index in [1.807, 2.05) is 0 Å². The molecule has 2 rings (SSSR count). The van der Waals surface area contributed by atoms with Gasteiger partial charge in [-0.15, -0.1) is 0 Å². The van der Waals surface area contributed by atoms with Crippen LogP contribution in [-0.2, 0) is 10.1 Å². The highest BCUT2D eigenvalue weighted by Crippen LogP contribution is 2.37. The van der Waals surface area contributed by atoms with Crippen molar-refractivity contribution in [1.82, 2.24) is 0 Å². The lowest BCUT2D eigenvalue weighted by Gasteiger charge is -2.13. The van der Waals surface area contributed by atoms with Crippen LogP contribution >= 0.6 is 27.5 Å². The minimum atomic E-state index is -4.23. The van der Waals surface area contributed by atoms with Crippen molar-refractivity contribution in [2.75, 3.05) is 14.2 Å². The zero-order chi connectivity index (χ0) is 17.2. The monoisotopic (exact) mass is 424 g/mol. The second kappa shape index (κ2) is 6.94. The second-order valence-corrected chi connectivity index (χ2v) is 7.03. The quantitative estimate of drug-likeness (QED) is 0.677. The zero-order valence-corrected chi connectivity index (χ0v) is 15.1. The summed E-state index contributed by atoms with van der Waals surface area (Å²) in [5, 5.41) is -0.162. The van der Waals surface area contributed by atoms with Gasteiger partial charge in [0.1, 0.15) is 10.7 Å². The maximum atomic E-state index is 13.0. The molecule has 0 unspecified atom stereocenters. The molecule has 2 aromatic carbocycles. The molecule has 0 bridgehead atoms. The van der Waals surface area contributed by atoms with E-state index in [0.717, 1.165) is 18.2 Å². The van der Waals surface area contributed by atoms with Gasteiger partial charge in [0.2, 0.25) is 0 Å². The minimum absolute atomic E-state index is 0.162. The van der Waals surface area contributed by atoms with Crippen LogP contribution in [0, 0.1) is 5.82 Å². The third-order valence-corrected chi connectivity index (χ3v) is 5.29. The van der Waals surface area contributed by atoms with Crippen molar-refractivity contribution in [2.24, 2.45) is 0 Å². The van der Waals surface area contributed by atoms with Crippen LogP contribution in [0.5, 0.6) is 17.2 Å². The molecule has 0 aliphatic carbocycles. The predicted octanol–water partition coefficient (Wildman–Crippen LogP) is 4.03. The Morgan fingerprint density at radius 2 is 1.65 bits per heavy atom. The van der Waals surface area contributed by atoms with Crippen LogP contribution in [-0.4, -0.2) is 22.6 Å². The first-order chi connectivity index (χ1) is 10.8. The Morgan fingerprint density at radius 3 is 2.22 bits per heavy atom. The summed E-state index contributed by atoms with van der Waals surface area (Å²) in [6.07, 6.45) is 0. The van der Waals surface area contributed by atoms with Gasteiger partial charge in [-0.1, -0.05) is 11.6 Å². The summed E-state index contributed by atoms with van der Waals surface area (Å²) in [5.74, 6) is -0.233. The highest BCUT2D eigenvalue weighted by atomic mass is 79.9. The first kappa shape index (κ1) is 17.8. The van der Waals surface area contributed by atoms with Crippen molar-refractivity contribution in [3.05, 3.63) is 45.6 Å². The lowest BCUT2D eigenvalue weighted by molar-refractivity contribution is 0.353. The molecule has 0 spiro atoms. The van der Waals surface area contributed by atoms with Crippen molar-refractivity contribution < 1.29 is 26.5 Å². The average molecular weight is 426 g/mol. The van der Waals surface area contributed by atoms with E-state index < -0.39 is 15.9 Å².